The minimum Gasteiger partial charge on any atom is -0.495 e. The van der Waals surface area contributed by atoms with Gasteiger partial charge in [-0.25, -0.2) is 8.42 Å². The first-order valence-corrected chi connectivity index (χ1v) is 17.4. The molecule has 0 bridgehead atoms. The maximum absolute atomic E-state index is 14.6. The molecule has 0 aliphatic heterocycles. The standard InChI is InChI=1S/C36H40BrN3O5S/c1-4-5-23-38-36(42)33(24-28-11-7-6-8-12-28)39(25-29-17-19-30(37)20-18-29)35(41)26-40(32-13-9-10-14-34(32)45-3)46(43,44)31-21-15-27(2)16-22-31/h6-22,33H,4-5,23-26H2,1-3H3,(H,38,42). The van der Waals surface area contributed by atoms with Crippen LogP contribution in [-0.4, -0.2) is 51.4 Å². The molecule has 1 unspecified atom stereocenters. The van der Waals surface area contributed by atoms with Crippen LogP contribution >= 0.6 is 15.9 Å². The molecule has 46 heavy (non-hydrogen) atoms. The van der Waals surface area contributed by atoms with Crippen LogP contribution in [0.5, 0.6) is 5.75 Å². The fourth-order valence-corrected chi connectivity index (χ4v) is 6.72. The Morgan fingerprint density at radius 1 is 0.870 bits per heavy atom. The molecule has 0 spiro atoms. The van der Waals surface area contributed by atoms with Gasteiger partial charge in [0.15, 0.2) is 0 Å². The number of nitrogens with one attached hydrogen (secondary N) is 1. The molecule has 10 heteroatoms. The average Bonchev–Trinajstić information content (AvgIpc) is 3.06. The van der Waals surface area contributed by atoms with E-state index in [-0.39, 0.29) is 29.5 Å². The Bertz CT molecular complexity index is 1700. The SMILES string of the molecule is CCCCNC(=O)C(Cc1ccccc1)N(Cc1ccc(Br)cc1)C(=O)CN(c1ccccc1OC)S(=O)(=O)c1ccc(C)cc1. The van der Waals surface area contributed by atoms with E-state index in [0.717, 1.165) is 38.3 Å². The number of nitrogens with zero attached hydrogens (tertiary/aromatic N) is 2. The number of hydrogen-bond acceptors (Lipinski definition) is 5. The molecule has 1 atom stereocenters. The number of methoxy groups -OCH3 is 1. The quantitative estimate of drug-likeness (QED) is 0.142. The van der Waals surface area contributed by atoms with Crippen LogP contribution in [-0.2, 0) is 32.6 Å². The Labute approximate surface area is 280 Å². The molecule has 4 aromatic carbocycles. The van der Waals surface area contributed by atoms with Crippen molar-refractivity contribution >= 4 is 43.5 Å². The molecule has 0 fully saturated rings. The highest BCUT2D eigenvalue weighted by molar-refractivity contribution is 9.10. The highest BCUT2D eigenvalue weighted by Crippen LogP contribution is 2.33. The van der Waals surface area contributed by atoms with Crippen molar-refractivity contribution in [2.45, 2.75) is 50.6 Å². The summed E-state index contributed by atoms with van der Waals surface area (Å²) >= 11 is 3.46. The zero-order valence-corrected chi connectivity index (χ0v) is 28.8. The van der Waals surface area contributed by atoms with Crippen molar-refractivity contribution in [2.75, 3.05) is 24.5 Å². The Morgan fingerprint density at radius 2 is 1.52 bits per heavy atom. The van der Waals surface area contributed by atoms with Gasteiger partial charge in [-0.3, -0.25) is 13.9 Å². The second kappa shape index (κ2) is 16.4. The molecular weight excluding hydrogens is 666 g/mol. The Hall–Kier alpha value is -4.15. The zero-order chi connectivity index (χ0) is 33.1. The molecule has 0 saturated heterocycles. The summed E-state index contributed by atoms with van der Waals surface area (Å²) in [6, 6.07) is 29.2. The molecule has 0 heterocycles. The third kappa shape index (κ3) is 8.98. The maximum atomic E-state index is 14.6. The van der Waals surface area contributed by atoms with Gasteiger partial charge in [-0.2, -0.15) is 0 Å². The smallest absolute Gasteiger partial charge is 0.264 e. The van der Waals surface area contributed by atoms with Gasteiger partial charge < -0.3 is 15.0 Å². The molecule has 2 amide bonds. The Kier molecular flexibility index (Phi) is 12.4. The van der Waals surface area contributed by atoms with Gasteiger partial charge in [-0.05, 0) is 60.9 Å². The predicted octanol–water partition coefficient (Wildman–Crippen LogP) is 6.52. The van der Waals surface area contributed by atoms with Crippen molar-refractivity contribution < 1.29 is 22.7 Å². The van der Waals surface area contributed by atoms with Crippen molar-refractivity contribution in [1.82, 2.24) is 10.2 Å². The minimum absolute atomic E-state index is 0.0365. The average molecular weight is 707 g/mol. The molecule has 4 rings (SSSR count). The number of sulfonamides is 1. The lowest BCUT2D eigenvalue weighted by Gasteiger charge is -2.34. The number of benzene rings is 4. The Morgan fingerprint density at radius 3 is 2.17 bits per heavy atom. The van der Waals surface area contributed by atoms with Crippen LogP contribution in [0.4, 0.5) is 5.69 Å². The number of para-hydroxylation sites is 2. The third-order valence-electron chi connectivity index (χ3n) is 7.61. The Balaban J connectivity index is 1.81. The number of anilines is 1. The lowest BCUT2D eigenvalue weighted by atomic mass is 10.0. The number of unbranched alkanes of at least 4 members (excludes halogenated alkanes) is 1. The first-order chi connectivity index (χ1) is 22.1. The monoisotopic (exact) mass is 705 g/mol. The largest absolute Gasteiger partial charge is 0.495 e. The van der Waals surface area contributed by atoms with Crippen LogP contribution in [0.1, 0.15) is 36.5 Å². The van der Waals surface area contributed by atoms with E-state index in [9.17, 15) is 18.0 Å². The molecule has 0 aliphatic carbocycles. The van der Waals surface area contributed by atoms with Gasteiger partial charge in [0.2, 0.25) is 11.8 Å². The number of carbonyl (C=O) groups is 2. The second-order valence-corrected chi connectivity index (χ2v) is 13.8. The van der Waals surface area contributed by atoms with Crippen LogP contribution < -0.4 is 14.4 Å². The van der Waals surface area contributed by atoms with Crippen LogP contribution in [0.15, 0.2) is 112 Å². The van der Waals surface area contributed by atoms with E-state index in [1.807, 2.05) is 68.4 Å². The maximum Gasteiger partial charge on any atom is 0.264 e. The van der Waals surface area contributed by atoms with Gasteiger partial charge in [-0.15, -0.1) is 0 Å². The lowest BCUT2D eigenvalue weighted by molar-refractivity contribution is -0.140. The predicted molar refractivity (Wildman–Crippen MR) is 185 cm³/mol. The summed E-state index contributed by atoms with van der Waals surface area (Å²) in [5, 5.41) is 3.01. The van der Waals surface area contributed by atoms with E-state index in [2.05, 4.69) is 21.2 Å². The van der Waals surface area contributed by atoms with Crippen molar-refractivity contribution in [3.63, 3.8) is 0 Å². The summed E-state index contributed by atoms with van der Waals surface area (Å²) in [5.41, 5.74) is 2.79. The molecule has 0 radical (unpaired) electrons. The first kappa shape index (κ1) is 34.7. The number of rotatable bonds is 15. The second-order valence-electron chi connectivity index (χ2n) is 11.0. The number of aryl methyl sites for hydroxylation is 1. The van der Waals surface area contributed by atoms with Crippen LogP contribution in [0.3, 0.4) is 0 Å². The molecule has 0 saturated carbocycles. The van der Waals surface area contributed by atoms with E-state index in [1.54, 1.807) is 36.4 Å². The van der Waals surface area contributed by atoms with Gasteiger partial charge in [0.1, 0.15) is 18.3 Å². The molecule has 0 aromatic heterocycles. The van der Waals surface area contributed by atoms with E-state index < -0.39 is 28.5 Å². The van der Waals surface area contributed by atoms with E-state index in [1.165, 1.54) is 24.1 Å². The molecule has 1 N–H and O–H groups in total. The zero-order valence-electron chi connectivity index (χ0n) is 26.4. The van der Waals surface area contributed by atoms with Crippen molar-refractivity contribution in [3.8, 4) is 5.75 Å². The van der Waals surface area contributed by atoms with Crippen LogP contribution in [0.2, 0.25) is 0 Å². The number of hydrogen-bond donors (Lipinski definition) is 1. The summed E-state index contributed by atoms with van der Waals surface area (Å²) in [4.78, 5) is 30.0. The highest BCUT2D eigenvalue weighted by Gasteiger charge is 2.35. The number of ether oxygens (including phenoxy) is 1. The molecule has 4 aromatic rings. The van der Waals surface area contributed by atoms with Crippen molar-refractivity contribution in [2.24, 2.45) is 0 Å². The minimum atomic E-state index is -4.23. The van der Waals surface area contributed by atoms with Gasteiger partial charge in [0.25, 0.3) is 10.0 Å². The summed E-state index contributed by atoms with van der Waals surface area (Å²) in [7, 11) is -2.78. The van der Waals surface area contributed by atoms with Crippen molar-refractivity contribution in [3.05, 3.63) is 124 Å². The summed E-state index contributed by atoms with van der Waals surface area (Å²) < 4.78 is 36.0. The summed E-state index contributed by atoms with van der Waals surface area (Å²) in [6.45, 7) is 3.92. The fourth-order valence-electron chi connectivity index (χ4n) is 5.03. The van der Waals surface area contributed by atoms with E-state index in [0.29, 0.717) is 12.3 Å². The van der Waals surface area contributed by atoms with Gasteiger partial charge in [0, 0.05) is 24.0 Å². The number of carbonyl (C=O) groups excluding carboxylic acids is 2. The van der Waals surface area contributed by atoms with Gasteiger partial charge in [0.05, 0.1) is 17.7 Å². The normalized spacial score (nSPS) is 11.8. The van der Waals surface area contributed by atoms with Crippen molar-refractivity contribution in [1.29, 1.82) is 0 Å². The van der Waals surface area contributed by atoms with E-state index >= 15 is 0 Å². The van der Waals surface area contributed by atoms with Gasteiger partial charge >= 0.3 is 0 Å². The number of amides is 2. The summed E-state index contributed by atoms with van der Waals surface area (Å²) in [6.07, 6.45) is 1.94. The molecule has 0 aliphatic rings. The molecule has 242 valence electrons. The van der Waals surface area contributed by atoms with Gasteiger partial charge in [-0.1, -0.05) is 102 Å². The summed E-state index contributed by atoms with van der Waals surface area (Å²) in [5.74, 6) is -0.535. The first-order valence-electron chi connectivity index (χ1n) is 15.2. The van der Waals surface area contributed by atoms with Crippen LogP contribution in [0, 0.1) is 6.92 Å². The fraction of sp³-hybridized carbons (Fsp3) is 0.278. The third-order valence-corrected chi connectivity index (χ3v) is 9.91. The highest BCUT2D eigenvalue weighted by atomic mass is 79.9. The van der Waals surface area contributed by atoms with Crippen LogP contribution in [0.25, 0.3) is 0 Å². The topological polar surface area (TPSA) is 96.0 Å². The molecule has 8 nitrogen and oxygen atoms in total. The molecular formula is C36H40BrN3O5S. The van der Waals surface area contributed by atoms with E-state index in [4.69, 9.17) is 4.74 Å². The lowest BCUT2D eigenvalue weighted by Crippen LogP contribution is -2.53. The number of halogens is 1.